The van der Waals surface area contributed by atoms with E-state index < -0.39 is 11.9 Å². The molecule has 0 aliphatic heterocycles. The highest BCUT2D eigenvalue weighted by Gasteiger charge is 2.16. The van der Waals surface area contributed by atoms with Gasteiger partial charge in [0.1, 0.15) is 0 Å². The van der Waals surface area contributed by atoms with Crippen molar-refractivity contribution >= 4 is 70.4 Å². The van der Waals surface area contributed by atoms with E-state index in [1.165, 1.54) is 68.2 Å². The molecule has 0 unspecified atom stereocenters. The lowest BCUT2D eigenvalue weighted by atomic mass is 10.2. The fourth-order valence-corrected chi connectivity index (χ4v) is 5.49. The number of carbonyl (C=O) groups is 2. The zero-order valence-corrected chi connectivity index (χ0v) is 31.4. The second-order valence-corrected chi connectivity index (χ2v) is 12.6. The summed E-state index contributed by atoms with van der Waals surface area (Å²) in [5.41, 5.74) is 15.3. The Bertz CT molecular complexity index is 2580. The fraction of sp³-hybridized carbons (Fsp3) is 0.0526. The lowest BCUT2D eigenvalue weighted by Gasteiger charge is -2.16. The average molecular weight is 791 g/mol. The third kappa shape index (κ3) is 9.19. The number of para-hydroxylation sites is 2. The molecule has 0 spiro atoms. The van der Waals surface area contributed by atoms with Crippen LogP contribution in [0.4, 0.5) is 11.4 Å². The number of hydrogen-bond acceptors (Lipinski definition) is 8. The molecule has 6 rings (SSSR count). The fourth-order valence-electron chi connectivity index (χ4n) is 5.19. The van der Waals surface area contributed by atoms with Crippen LogP contribution in [0.2, 0.25) is 0 Å². The van der Waals surface area contributed by atoms with Crippen molar-refractivity contribution in [3.05, 3.63) is 164 Å². The van der Waals surface area contributed by atoms with Gasteiger partial charge in [0.25, 0.3) is 11.1 Å². The predicted molar refractivity (Wildman–Crippen MR) is 223 cm³/mol. The molecule has 16 nitrogen and oxygen atoms in total. The van der Waals surface area contributed by atoms with Crippen LogP contribution in [0.3, 0.4) is 0 Å². The van der Waals surface area contributed by atoms with Crippen molar-refractivity contribution in [1.29, 1.82) is 0 Å². The maximum absolute atomic E-state index is 12.7. The molecule has 0 amide bonds. The molecule has 284 valence electrons. The lowest BCUT2D eigenvalue weighted by molar-refractivity contribution is 0.0686. The number of rotatable bonds is 10. The van der Waals surface area contributed by atoms with Gasteiger partial charge in [-0.1, -0.05) is 42.5 Å². The summed E-state index contributed by atoms with van der Waals surface area (Å²) in [6.45, 7) is 3.51. The van der Waals surface area contributed by atoms with Crippen LogP contribution in [-0.4, -0.2) is 64.4 Å². The van der Waals surface area contributed by atoms with E-state index in [0.717, 1.165) is 0 Å². The second kappa shape index (κ2) is 17.6. The van der Waals surface area contributed by atoms with Crippen LogP contribution < -0.4 is 32.6 Å². The van der Waals surface area contributed by atoms with E-state index in [1.807, 2.05) is 48.5 Å². The molecule has 0 saturated heterocycles. The lowest BCUT2D eigenvalue weighted by Crippen LogP contribution is -2.31. The number of nitrogens with one attached hydrogen (secondary N) is 2. The van der Waals surface area contributed by atoms with Crippen LogP contribution in [0.5, 0.6) is 0 Å². The Kier molecular flexibility index (Phi) is 12.5. The summed E-state index contributed by atoms with van der Waals surface area (Å²) >= 11 is 10.1. The van der Waals surface area contributed by atoms with Crippen LogP contribution in [0.1, 0.15) is 43.2 Å². The van der Waals surface area contributed by atoms with Gasteiger partial charge in [-0.05, 0) is 105 Å². The first-order chi connectivity index (χ1) is 26.8. The van der Waals surface area contributed by atoms with Crippen LogP contribution in [-0.2, 0) is 0 Å². The first-order valence-electron chi connectivity index (χ1n) is 16.4. The molecule has 6 aromatic rings. The molecule has 0 bridgehead atoms. The zero-order valence-electron chi connectivity index (χ0n) is 29.7. The summed E-state index contributed by atoms with van der Waals surface area (Å²) in [7, 11) is 0. The number of hydrazone groups is 2. The summed E-state index contributed by atoms with van der Waals surface area (Å²) in [5.74, 6) is -2.12. The Balaban J connectivity index is 0.000000214. The summed E-state index contributed by atoms with van der Waals surface area (Å²) in [6, 6.07) is 30.2. The Morgan fingerprint density at radius 3 is 1.46 bits per heavy atom. The molecule has 0 fully saturated rings. The van der Waals surface area contributed by atoms with E-state index in [0.29, 0.717) is 45.3 Å². The van der Waals surface area contributed by atoms with Crippen molar-refractivity contribution in [2.24, 2.45) is 21.7 Å². The molecule has 8 N–H and O–H groups in total. The summed E-state index contributed by atoms with van der Waals surface area (Å²) in [4.78, 5) is 47.6. The molecule has 0 saturated carbocycles. The highest BCUT2D eigenvalue weighted by Crippen LogP contribution is 2.18. The number of carboxylic acid groups (broad SMARTS) is 2. The first-order valence-corrected chi connectivity index (χ1v) is 17.3. The number of thiocarbonyl (C=S) groups is 2. The summed E-state index contributed by atoms with van der Waals surface area (Å²) in [5, 5.41) is 34.9. The maximum Gasteiger partial charge on any atom is 0.335 e. The van der Waals surface area contributed by atoms with E-state index in [4.69, 9.17) is 46.1 Å². The smallest absolute Gasteiger partial charge is 0.335 e. The monoisotopic (exact) mass is 790 g/mol. The van der Waals surface area contributed by atoms with Crippen molar-refractivity contribution in [2.45, 2.75) is 13.8 Å². The number of anilines is 2. The minimum Gasteiger partial charge on any atom is -0.478 e. The number of benzene rings is 4. The molecule has 4 aromatic carbocycles. The Hall–Kier alpha value is -7.44. The van der Waals surface area contributed by atoms with Crippen LogP contribution in [0, 0.1) is 13.8 Å². The molecule has 0 radical (unpaired) electrons. The van der Waals surface area contributed by atoms with Crippen LogP contribution >= 0.6 is 24.4 Å². The van der Waals surface area contributed by atoms with Crippen molar-refractivity contribution in [3.63, 3.8) is 0 Å². The molecule has 0 aliphatic rings. The van der Waals surface area contributed by atoms with E-state index in [9.17, 15) is 19.2 Å². The number of nitrogens with zero attached hydrogens (tertiary/aromatic N) is 6. The second-order valence-electron chi connectivity index (χ2n) is 11.7. The van der Waals surface area contributed by atoms with E-state index in [-0.39, 0.29) is 32.5 Å². The van der Waals surface area contributed by atoms with Gasteiger partial charge in [0, 0.05) is 11.4 Å². The van der Waals surface area contributed by atoms with Crippen LogP contribution in [0.15, 0.2) is 129 Å². The minimum absolute atomic E-state index is 0.0455. The zero-order chi connectivity index (χ0) is 40.5. The van der Waals surface area contributed by atoms with Crippen molar-refractivity contribution in [2.75, 3.05) is 10.0 Å². The highest BCUT2D eigenvalue weighted by molar-refractivity contribution is 7.80. The molecule has 56 heavy (non-hydrogen) atoms. The largest absolute Gasteiger partial charge is 0.478 e. The molecular weight excluding hydrogens is 757 g/mol. The highest BCUT2D eigenvalue weighted by atomic mass is 32.1. The van der Waals surface area contributed by atoms with Gasteiger partial charge in [-0.25, -0.2) is 29.0 Å². The van der Waals surface area contributed by atoms with Gasteiger partial charge in [-0.2, -0.15) is 10.2 Å². The number of carboxylic acids is 2. The SMILES string of the molecule is Cc1[nH]n(-c2ccccc2)c(=O)c1C=NN(C(N)=S)c1ccc(C(=O)O)cc1.Cc1[nH]n(-c2ccccc2)c(=O)c1C=NN(C(N)=S)c1cccc(C(=O)O)c1. The number of aryl methyl sites for hydroxylation is 2. The average Bonchev–Trinajstić information content (AvgIpc) is 3.64. The number of hydrogen-bond donors (Lipinski definition) is 6. The van der Waals surface area contributed by atoms with Crippen molar-refractivity contribution < 1.29 is 19.8 Å². The quantitative estimate of drug-likeness (QED) is 0.0639. The molecule has 0 aliphatic carbocycles. The Labute approximate surface area is 329 Å². The Morgan fingerprint density at radius 2 is 1.05 bits per heavy atom. The van der Waals surface area contributed by atoms with Gasteiger partial charge in [-0.3, -0.25) is 19.8 Å². The molecular formula is C38H34N10O6S2. The number of aromatic amines is 2. The van der Waals surface area contributed by atoms with E-state index >= 15 is 0 Å². The van der Waals surface area contributed by atoms with Gasteiger partial charge < -0.3 is 21.7 Å². The molecule has 2 heterocycles. The standard InChI is InChI=1S/2C19H17N5O3S/c1-12-16(17(25)23(22-12)14-7-3-2-4-8-14)11-21-24(19(20)28)15-9-5-6-13(10-15)18(26)27;1-12-16(17(25)23(22-12)14-5-3-2-4-6-14)11-21-24(19(20)28)15-9-7-13(8-10-15)18(26)27/h2*2-11,22H,1H3,(H2,20,28)(H,26,27). The van der Waals surface area contributed by atoms with E-state index in [1.54, 1.807) is 38.1 Å². The third-order valence-corrected chi connectivity index (χ3v) is 8.33. The van der Waals surface area contributed by atoms with Gasteiger partial charge >= 0.3 is 11.9 Å². The van der Waals surface area contributed by atoms with Gasteiger partial charge in [0.05, 0.1) is 57.4 Å². The molecule has 18 heteroatoms. The molecule has 0 atom stereocenters. The van der Waals surface area contributed by atoms with Gasteiger partial charge in [0.2, 0.25) is 0 Å². The predicted octanol–water partition coefficient (Wildman–Crippen LogP) is 4.51. The number of aromatic carboxylic acids is 2. The van der Waals surface area contributed by atoms with Crippen LogP contribution in [0.25, 0.3) is 11.4 Å². The number of H-pyrrole nitrogens is 2. The maximum atomic E-state index is 12.7. The number of aromatic nitrogens is 4. The summed E-state index contributed by atoms with van der Waals surface area (Å²) < 4.78 is 2.83. The third-order valence-electron chi connectivity index (χ3n) is 7.98. The number of nitrogens with two attached hydrogens (primary N) is 2. The normalized spacial score (nSPS) is 10.9. The summed E-state index contributed by atoms with van der Waals surface area (Å²) in [6.07, 6.45) is 2.72. The topological polar surface area (TPSA) is 233 Å². The van der Waals surface area contributed by atoms with Gasteiger partial charge in [-0.15, -0.1) is 0 Å². The minimum atomic E-state index is -1.08. The van der Waals surface area contributed by atoms with Crippen molar-refractivity contribution in [3.8, 4) is 11.4 Å². The van der Waals surface area contributed by atoms with Crippen molar-refractivity contribution in [1.82, 2.24) is 19.6 Å². The van der Waals surface area contributed by atoms with E-state index in [2.05, 4.69) is 20.4 Å². The van der Waals surface area contributed by atoms with Gasteiger partial charge in [0.15, 0.2) is 10.2 Å². The first kappa shape index (κ1) is 39.8. The molecule has 2 aromatic heterocycles. The Morgan fingerprint density at radius 1 is 0.625 bits per heavy atom.